The summed E-state index contributed by atoms with van der Waals surface area (Å²) < 4.78 is 8.48. The largest absolute Gasteiger partial charge is 0.385 e. The lowest BCUT2D eigenvalue weighted by atomic mass is 9.90. The molecular formula is C72H124N10S10. The first-order valence-electron chi connectivity index (χ1n) is 33.4. The van der Waals surface area contributed by atoms with Gasteiger partial charge in [0.1, 0.15) is 0 Å². The van der Waals surface area contributed by atoms with E-state index in [-0.39, 0.29) is 0 Å². The topological polar surface area (TPSA) is 50.0 Å². The van der Waals surface area contributed by atoms with Gasteiger partial charge in [-0.05, 0) is 119 Å². The molecule has 0 aromatic heterocycles. The second kappa shape index (κ2) is 38.7. The molecule has 20 heteroatoms. The van der Waals surface area contributed by atoms with Crippen LogP contribution in [-0.2, 0) is 0 Å². The number of nitrogens with zero attached hydrogens (tertiary/aromatic N) is 8. The van der Waals surface area contributed by atoms with E-state index in [9.17, 15) is 0 Å². The maximum Gasteiger partial charge on any atom is 0.0835 e. The molecule has 0 unspecified atom stereocenters. The molecule has 0 spiro atoms. The molecule has 0 aliphatic rings. The number of hydrogen-bond acceptors (Lipinski definition) is 20. The molecule has 0 atom stereocenters. The van der Waals surface area contributed by atoms with Gasteiger partial charge in [-0.1, -0.05) is 226 Å². The highest BCUT2D eigenvalue weighted by molar-refractivity contribution is 7.75. The van der Waals surface area contributed by atoms with E-state index in [1.54, 1.807) is 0 Å². The molecule has 10 nitrogen and oxygen atoms in total. The summed E-state index contributed by atoms with van der Waals surface area (Å²) in [7, 11) is 18.6. The molecule has 92 heavy (non-hydrogen) atoms. The summed E-state index contributed by atoms with van der Waals surface area (Å²) in [5.41, 5.74) is 13.3. The van der Waals surface area contributed by atoms with Crippen LogP contribution < -0.4 is 49.8 Å². The van der Waals surface area contributed by atoms with Crippen molar-refractivity contribution in [1.29, 1.82) is 0 Å². The van der Waals surface area contributed by atoms with Crippen molar-refractivity contribution < 1.29 is 0 Å². The SMILES string of the molecule is CCN(C)c1c(N(C)CCCC(C)(C)C)c(=S)c1=S.CCN(CC)c1c(N(C)CCCC(C)(C)C)c(=S)c1=S.CCNc1c(N(C)CCCC(C)(C)C)c(=S)c1=S.CN(C)c1c(N(C)CCCC(C)(C)C)c(=S)c1=S.CNc1c(N(C)CCCC(C)(C)C)c(=S)c1=S. The van der Waals surface area contributed by atoms with Crippen LogP contribution in [0.1, 0.15) is 196 Å². The Kier molecular flexibility index (Phi) is 36.8. The molecule has 5 aromatic carbocycles. The quantitative estimate of drug-likeness (QED) is 0.0446. The molecule has 0 bridgehead atoms. The van der Waals surface area contributed by atoms with Gasteiger partial charge in [-0.15, -0.1) is 0 Å². The van der Waals surface area contributed by atoms with E-state index < -0.39 is 0 Å². The minimum absolute atomic E-state index is 0.395. The van der Waals surface area contributed by atoms with Crippen molar-refractivity contribution in [1.82, 2.24) is 0 Å². The Bertz CT molecular complexity index is 3440. The first-order chi connectivity index (χ1) is 42.1. The molecule has 522 valence electrons. The number of hydrogen-bond donors (Lipinski definition) is 2. The molecule has 0 aliphatic carbocycles. The molecule has 5 aromatic rings. The summed E-state index contributed by atoms with van der Waals surface area (Å²) in [6, 6.07) is 0. The van der Waals surface area contributed by atoms with Crippen molar-refractivity contribution in [3.63, 3.8) is 0 Å². The summed E-state index contributed by atoms with van der Waals surface area (Å²) in [5, 5.41) is 6.44. The number of anilines is 10. The van der Waals surface area contributed by atoms with Crippen LogP contribution in [0.3, 0.4) is 0 Å². The fraction of sp³-hybridized carbons (Fsp3) is 0.722. The maximum absolute atomic E-state index is 5.45. The molecule has 0 fully saturated rings. The summed E-state index contributed by atoms with van der Waals surface area (Å²) in [4.78, 5) is 17.8. The molecular weight excluding hydrogens is 1330 g/mol. The third-order valence-electron chi connectivity index (χ3n) is 16.3. The van der Waals surface area contributed by atoms with Gasteiger partial charge in [-0.3, -0.25) is 0 Å². The van der Waals surface area contributed by atoms with Crippen molar-refractivity contribution in [3.8, 4) is 0 Å². The van der Waals surface area contributed by atoms with Crippen LogP contribution in [0.25, 0.3) is 0 Å². The van der Waals surface area contributed by atoms with Crippen LogP contribution >= 0.6 is 122 Å². The highest BCUT2D eigenvalue weighted by Crippen LogP contribution is 2.42. The summed E-state index contributed by atoms with van der Waals surface area (Å²) >= 11 is 53.4. The highest BCUT2D eigenvalue weighted by Gasteiger charge is 2.26. The first-order valence-corrected chi connectivity index (χ1v) is 37.5. The van der Waals surface area contributed by atoms with Gasteiger partial charge in [0.05, 0.1) is 102 Å². The van der Waals surface area contributed by atoms with Crippen molar-refractivity contribution in [2.24, 2.45) is 27.1 Å². The fourth-order valence-corrected chi connectivity index (χ4v) is 14.2. The van der Waals surface area contributed by atoms with Crippen LogP contribution in [0.15, 0.2) is 0 Å². The van der Waals surface area contributed by atoms with Crippen LogP contribution in [0, 0.1) is 72.2 Å². The van der Waals surface area contributed by atoms with Gasteiger partial charge in [0.25, 0.3) is 0 Å². The van der Waals surface area contributed by atoms with Crippen molar-refractivity contribution in [3.05, 3.63) is 45.1 Å². The first kappa shape index (κ1) is 87.6. The van der Waals surface area contributed by atoms with E-state index >= 15 is 0 Å². The highest BCUT2D eigenvalue weighted by atomic mass is 32.1. The van der Waals surface area contributed by atoms with Crippen LogP contribution in [0.5, 0.6) is 0 Å². The summed E-state index contributed by atoms with van der Waals surface area (Å²) in [5.74, 6) is 0. The van der Waals surface area contributed by atoms with E-state index in [2.05, 4.69) is 224 Å². The average molecular weight is 1450 g/mol. The zero-order valence-corrected chi connectivity index (χ0v) is 70.8. The van der Waals surface area contributed by atoms with Gasteiger partial charge >= 0.3 is 0 Å². The maximum atomic E-state index is 5.45. The fourth-order valence-electron chi connectivity index (χ4n) is 10.8. The average Bonchev–Trinajstić information content (AvgIpc) is 0.798. The zero-order chi connectivity index (χ0) is 71.5. The van der Waals surface area contributed by atoms with Crippen LogP contribution in [-0.4, -0.2) is 122 Å². The van der Waals surface area contributed by atoms with Gasteiger partial charge in [0, 0.05) is 122 Å². The van der Waals surface area contributed by atoms with Gasteiger partial charge in [0.2, 0.25) is 0 Å². The lowest BCUT2D eigenvalue weighted by Gasteiger charge is -2.32. The standard InChI is InChI=1S/C16H28N2S2.C15H26N2S2.2C14H24N2S2.C13H22N2S2/c1-7-18(8-2)13-12(14(19)15(13)20)17(6)11-9-10-16(3,4)5;1-7-16(5)11-12(14(19)13(11)18)17(6)10-8-9-15(2,3)4;1-14(2,3)8-7-9-16(6)11-10(15(4)5)12(17)13(11)18;1-6-15-10-11(13(18)12(10)17)16(5)9-7-8-14(2,3)4;1-13(2,3)7-6-8-15(5)10-9(14-4)11(16)12(10)17/h7-11H2,1-6H3;7-10H2,1-6H3;7-9H2,1-6H3;15H,6-9H2,1-5H3;14H,6-8H2,1-5H3. The predicted molar refractivity (Wildman–Crippen MR) is 443 cm³/mol. The lowest BCUT2D eigenvalue weighted by Crippen LogP contribution is -2.29. The zero-order valence-electron chi connectivity index (χ0n) is 62.6. The summed E-state index contributed by atoms with van der Waals surface area (Å²) in [6.07, 6.45) is 12.0. The smallest absolute Gasteiger partial charge is 0.0835 e. The second-order valence-electron chi connectivity index (χ2n) is 31.1. The third kappa shape index (κ3) is 27.1. The summed E-state index contributed by atoms with van der Waals surface area (Å²) in [6.45, 7) is 51.7. The lowest BCUT2D eigenvalue weighted by molar-refractivity contribution is 0.367. The molecule has 0 saturated heterocycles. The Labute approximate surface area is 613 Å². The van der Waals surface area contributed by atoms with Crippen molar-refractivity contribution in [2.45, 2.75) is 196 Å². The Hall–Kier alpha value is -2.40. The van der Waals surface area contributed by atoms with Gasteiger partial charge in [-0.25, -0.2) is 0 Å². The Morgan fingerprint density at radius 3 is 0.772 bits per heavy atom. The minimum atomic E-state index is 0.395. The third-order valence-corrected chi connectivity index (χ3v) is 21.0. The van der Waals surface area contributed by atoms with E-state index in [1.165, 1.54) is 81.3 Å². The van der Waals surface area contributed by atoms with Crippen molar-refractivity contribution >= 4 is 179 Å². The van der Waals surface area contributed by atoms with E-state index in [0.717, 1.165) is 144 Å². The molecule has 0 amide bonds. The second-order valence-corrected chi connectivity index (χ2v) is 35.2. The molecule has 0 saturated carbocycles. The van der Waals surface area contributed by atoms with Crippen LogP contribution in [0.2, 0.25) is 0 Å². The van der Waals surface area contributed by atoms with Gasteiger partial charge in [-0.2, -0.15) is 0 Å². The predicted octanol–water partition coefficient (Wildman–Crippen LogP) is 23.3. The number of rotatable bonds is 29. The Morgan fingerprint density at radius 2 is 0.511 bits per heavy atom. The Morgan fingerprint density at radius 1 is 0.283 bits per heavy atom. The molecule has 2 N–H and O–H groups in total. The van der Waals surface area contributed by atoms with Gasteiger partial charge < -0.3 is 49.8 Å². The monoisotopic (exact) mass is 1450 g/mol. The van der Waals surface area contributed by atoms with E-state index in [1.807, 2.05) is 21.1 Å². The minimum Gasteiger partial charge on any atom is -0.385 e. The van der Waals surface area contributed by atoms with E-state index in [0.29, 0.717) is 27.1 Å². The molecule has 0 aliphatic heterocycles. The molecule has 0 heterocycles. The van der Waals surface area contributed by atoms with E-state index in [4.69, 9.17) is 122 Å². The van der Waals surface area contributed by atoms with Gasteiger partial charge in [0.15, 0.2) is 0 Å². The van der Waals surface area contributed by atoms with Crippen LogP contribution in [0.4, 0.5) is 56.9 Å². The van der Waals surface area contributed by atoms with Crippen molar-refractivity contribution in [2.75, 3.05) is 172 Å². The number of nitrogens with one attached hydrogen (secondary N) is 2. The molecule has 0 radical (unpaired) electrons. The molecule has 5 rings (SSSR count). The Balaban J connectivity index is 0.000000576. The normalized spacial score (nSPS) is 11.9.